The SMILES string of the molecule is COc1ccc(COC(=O)C2CCCCC2C(=O)N2CCc3c(Br)ccc(OCc4nnc5ccccn45)c3C2CN2CCCC2=O)c(OC)c1. The third-order valence-corrected chi connectivity index (χ3v) is 11.2. The molecule has 1 aliphatic carbocycles. The Morgan fingerprint density at radius 1 is 0.902 bits per heavy atom. The summed E-state index contributed by atoms with van der Waals surface area (Å²) in [7, 11) is 3.14. The molecule has 268 valence electrons. The van der Waals surface area contributed by atoms with Crippen molar-refractivity contribution in [2.75, 3.05) is 33.9 Å². The van der Waals surface area contributed by atoms with Crippen LogP contribution in [0, 0.1) is 11.8 Å². The van der Waals surface area contributed by atoms with E-state index in [-0.39, 0.29) is 31.0 Å². The van der Waals surface area contributed by atoms with Gasteiger partial charge in [0.05, 0.1) is 32.1 Å². The summed E-state index contributed by atoms with van der Waals surface area (Å²) < 4.78 is 26.0. The van der Waals surface area contributed by atoms with E-state index in [2.05, 4.69) is 26.1 Å². The molecule has 0 N–H and O–H groups in total. The Morgan fingerprint density at radius 2 is 1.75 bits per heavy atom. The van der Waals surface area contributed by atoms with Crippen molar-refractivity contribution < 1.29 is 33.3 Å². The number of esters is 1. The Bertz CT molecular complexity index is 1930. The van der Waals surface area contributed by atoms with Gasteiger partial charge < -0.3 is 28.7 Å². The highest BCUT2D eigenvalue weighted by molar-refractivity contribution is 9.10. The van der Waals surface area contributed by atoms with E-state index in [0.29, 0.717) is 74.0 Å². The second-order valence-corrected chi connectivity index (χ2v) is 14.1. The van der Waals surface area contributed by atoms with E-state index >= 15 is 0 Å². The Labute approximate surface area is 305 Å². The van der Waals surface area contributed by atoms with Gasteiger partial charge in [-0.15, -0.1) is 10.2 Å². The highest BCUT2D eigenvalue weighted by atomic mass is 79.9. The summed E-state index contributed by atoms with van der Waals surface area (Å²) in [5.74, 6) is 0.960. The number of amides is 2. The van der Waals surface area contributed by atoms with Gasteiger partial charge in [0.1, 0.15) is 30.5 Å². The number of benzene rings is 2. The highest BCUT2D eigenvalue weighted by Gasteiger charge is 2.44. The number of ether oxygens (including phenoxy) is 4. The van der Waals surface area contributed by atoms with E-state index in [4.69, 9.17) is 18.9 Å². The first-order valence-corrected chi connectivity index (χ1v) is 18.3. The summed E-state index contributed by atoms with van der Waals surface area (Å²) in [6.07, 6.45) is 6.60. The number of hydrogen-bond acceptors (Lipinski definition) is 9. The molecule has 3 unspecified atom stereocenters. The molecule has 13 heteroatoms. The maximum Gasteiger partial charge on any atom is 0.310 e. The Morgan fingerprint density at radius 3 is 2.53 bits per heavy atom. The molecule has 51 heavy (non-hydrogen) atoms. The molecule has 2 aromatic carbocycles. The van der Waals surface area contributed by atoms with Crippen molar-refractivity contribution in [2.45, 2.75) is 64.2 Å². The summed E-state index contributed by atoms with van der Waals surface area (Å²) >= 11 is 3.76. The number of pyridine rings is 1. The smallest absolute Gasteiger partial charge is 0.310 e. The second kappa shape index (κ2) is 15.3. The minimum Gasteiger partial charge on any atom is -0.497 e. The average Bonchev–Trinajstić information content (AvgIpc) is 3.78. The Kier molecular flexibility index (Phi) is 10.4. The van der Waals surface area contributed by atoms with Crippen molar-refractivity contribution >= 4 is 39.4 Å². The molecule has 1 saturated heterocycles. The molecule has 12 nitrogen and oxygen atoms in total. The lowest BCUT2D eigenvalue weighted by Crippen LogP contribution is -2.50. The van der Waals surface area contributed by atoms with Crippen LogP contribution in [0.3, 0.4) is 0 Å². The van der Waals surface area contributed by atoms with Crippen LogP contribution in [0.5, 0.6) is 17.2 Å². The third-order valence-electron chi connectivity index (χ3n) is 10.4. The van der Waals surface area contributed by atoms with Crippen molar-refractivity contribution in [3.05, 3.63) is 81.7 Å². The van der Waals surface area contributed by atoms with Crippen molar-refractivity contribution in [1.82, 2.24) is 24.4 Å². The molecule has 0 radical (unpaired) electrons. The van der Waals surface area contributed by atoms with Crippen LogP contribution < -0.4 is 14.2 Å². The Hall–Kier alpha value is -4.65. The van der Waals surface area contributed by atoms with Gasteiger partial charge in [-0.25, -0.2) is 0 Å². The molecule has 7 rings (SSSR count). The van der Waals surface area contributed by atoms with Gasteiger partial charge >= 0.3 is 5.97 Å². The predicted octanol–water partition coefficient (Wildman–Crippen LogP) is 5.69. The number of fused-ring (bicyclic) bond motifs is 2. The van der Waals surface area contributed by atoms with Gasteiger partial charge in [0.2, 0.25) is 11.8 Å². The lowest BCUT2D eigenvalue weighted by atomic mass is 9.77. The molecule has 2 amide bonds. The van der Waals surface area contributed by atoms with Crippen LogP contribution in [0.4, 0.5) is 0 Å². The number of nitrogens with zero attached hydrogens (tertiary/aromatic N) is 5. The molecule has 0 spiro atoms. The van der Waals surface area contributed by atoms with Crippen LogP contribution in [-0.2, 0) is 38.8 Å². The standard InChI is InChI=1S/C38H42BrN5O7/c1-48-25-13-12-24(32(20-25)49-2)22-51-38(47)27-9-4-3-8-26(27)37(46)43-19-16-28-29(39)14-15-31(36(28)30(43)21-42-17-7-11-35(42)45)50-23-34-41-40-33-10-5-6-18-44(33)34/h5-6,10,12-15,18,20,26-27,30H,3-4,7-9,11,16-17,19,21-23H2,1-2H3. The number of carbonyl (C=O) groups is 3. The maximum absolute atomic E-state index is 14.8. The number of aromatic nitrogens is 3. The number of halogens is 1. The van der Waals surface area contributed by atoms with Gasteiger partial charge in [-0.3, -0.25) is 18.8 Å². The largest absolute Gasteiger partial charge is 0.497 e. The fraction of sp³-hybridized carbons (Fsp3) is 0.447. The van der Waals surface area contributed by atoms with Crippen molar-refractivity contribution in [3.63, 3.8) is 0 Å². The number of rotatable bonds is 11. The molecule has 0 bridgehead atoms. The van der Waals surface area contributed by atoms with E-state index in [0.717, 1.165) is 40.5 Å². The molecule has 3 atom stereocenters. The highest BCUT2D eigenvalue weighted by Crippen LogP contribution is 2.43. The number of hydrogen-bond donors (Lipinski definition) is 0. The molecular weight excluding hydrogens is 718 g/mol. The van der Waals surface area contributed by atoms with Gasteiger partial charge in [0.15, 0.2) is 11.5 Å². The van der Waals surface area contributed by atoms with E-state index in [1.54, 1.807) is 26.4 Å². The van der Waals surface area contributed by atoms with Gasteiger partial charge in [0.25, 0.3) is 0 Å². The van der Waals surface area contributed by atoms with Crippen LogP contribution in [0.15, 0.2) is 59.2 Å². The second-order valence-electron chi connectivity index (χ2n) is 13.3. The van der Waals surface area contributed by atoms with E-state index in [9.17, 15) is 14.4 Å². The molecule has 3 aliphatic rings. The monoisotopic (exact) mass is 759 g/mol. The first-order chi connectivity index (χ1) is 24.9. The van der Waals surface area contributed by atoms with Crippen molar-refractivity contribution in [2.24, 2.45) is 11.8 Å². The number of carbonyl (C=O) groups excluding carboxylic acids is 3. The minimum absolute atomic E-state index is 0.0241. The first kappa shape index (κ1) is 34.8. The lowest BCUT2D eigenvalue weighted by Gasteiger charge is -2.43. The van der Waals surface area contributed by atoms with Crippen LogP contribution >= 0.6 is 15.9 Å². The summed E-state index contributed by atoms with van der Waals surface area (Å²) in [6.45, 7) is 1.62. The first-order valence-electron chi connectivity index (χ1n) is 17.5. The van der Waals surface area contributed by atoms with E-state index in [1.165, 1.54) is 0 Å². The zero-order chi connectivity index (χ0) is 35.5. The Balaban J connectivity index is 1.16. The number of likely N-dealkylation sites (tertiary alicyclic amines) is 1. The van der Waals surface area contributed by atoms with Crippen LogP contribution in [0.2, 0.25) is 0 Å². The molecule has 2 aliphatic heterocycles. The third kappa shape index (κ3) is 7.13. The normalized spacial score (nSPS) is 20.3. The molecule has 1 saturated carbocycles. The summed E-state index contributed by atoms with van der Waals surface area (Å²) in [5, 5.41) is 8.60. The van der Waals surface area contributed by atoms with E-state index in [1.807, 2.05) is 56.8 Å². The lowest BCUT2D eigenvalue weighted by molar-refractivity contribution is -0.159. The van der Waals surface area contributed by atoms with Crippen molar-refractivity contribution in [1.29, 1.82) is 0 Å². The summed E-state index contributed by atoms with van der Waals surface area (Å²) in [6, 6.07) is 14.5. The fourth-order valence-corrected chi connectivity index (χ4v) is 8.29. The summed E-state index contributed by atoms with van der Waals surface area (Å²) in [4.78, 5) is 45.3. The van der Waals surface area contributed by atoms with Gasteiger partial charge in [-0.2, -0.15) is 0 Å². The minimum atomic E-state index is -0.578. The zero-order valence-electron chi connectivity index (χ0n) is 28.9. The molecule has 4 aromatic rings. The van der Waals surface area contributed by atoms with Gasteiger partial charge in [-0.1, -0.05) is 34.8 Å². The van der Waals surface area contributed by atoms with E-state index < -0.39 is 17.9 Å². The van der Waals surface area contributed by atoms with Gasteiger partial charge in [0, 0.05) is 53.9 Å². The number of methoxy groups -OCH3 is 2. The zero-order valence-corrected chi connectivity index (χ0v) is 30.5. The van der Waals surface area contributed by atoms with Crippen LogP contribution in [0.25, 0.3) is 5.65 Å². The molecule has 2 aromatic heterocycles. The molecule has 2 fully saturated rings. The van der Waals surface area contributed by atoms with Crippen molar-refractivity contribution in [3.8, 4) is 17.2 Å². The quantitative estimate of drug-likeness (QED) is 0.178. The fourth-order valence-electron chi connectivity index (χ4n) is 7.75. The summed E-state index contributed by atoms with van der Waals surface area (Å²) in [5.41, 5.74) is 3.36. The van der Waals surface area contributed by atoms with Crippen LogP contribution in [-0.4, -0.2) is 76.0 Å². The maximum atomic E-state index is 14.8. The predicted molar refractivity (Wildman–Crippen MR) is 190 cm³/mol. The van der Waals surface area contributed by atoms with Gasteiger partial charge in [-0.05, 0) is 67.6 Å². The average molecular weight is 761 g/mol. The molecule has 4 heterocycles. The molecular formula is C38H42BrN5O7. The van der Waals surface area contributed by atoms with Crippen LogP contribution in [0.1, 0.15) is 67.1 Å². The topological polar surface area (TPSA) is 125 Å².